The molecule has 0 saturated heterocycles. The monoisotopic (exact) mass is 482 g/mol. The summed E-state index contributed by atoms with van der Waals surface area (Å²) in [5, 5.41) is 7.51. The topological polar surface area (TPSA) is 102 Å². The average molecular weight is 482 g/mol. The Hall–Kier alpha value is -4.28. The van der Waals surface area contributed by atoms with Crippen LogP contribution in [-0.2, 0) is 11.2 Å². The third kappa shape index (κ3) is 3.78. The summed E-state index contributed by atoms with van der Waals surface area (Å²) in [5.41, 5.74) is 1.04. The molecule has 8 nitrogen and oxygen atoms in total. The number of benzene rings is 2. The largest absolute Gasteiger partial charge is 0.487 e. The fourth-order valence-electron chi connectivity index (χ4n) is 4.51. The third-order valence-corrected chi connectivity index (χ3v) is 6.20. The Labute approximate surface area is 196 Å². The van der Waals surface area contributed by atoms with Crippen LogP contribution >= 0.6 is 0 Å². The van der Waals surface area contributed by atoms with Gasteiger partial charge in [-0.25, -0.2) is 22.9 Å². The van der Waals surface area contributed by atoms with Crippen LogP contribution in [0.1, 0.15) is 23.5 Å². The average Bonchev–Trinajstić information content (AvgIpc) is 3.33. The highest BCUT2D eigenvalue weighted by atomic mass is 19.2. The second kappa shape index (κ2) is 7.90. The van der Waals surface area contributed by atoms with Crippen molar-refractivity contribution in [3.05, 3.63) is 71.2 Å². The van der Waals surface area contributed by atoms with Gasteiger partial charge < -0.3 is 25.4 Å². The normalized spacial score (nSPS) is 21.1. The number of carbonyl (C=O) groups excluding carboxylic acids is 2. The molecule has 2 aromatic carbocycles. The minimum absolute atomic E-state index is 0.0931. The number of nitrogens with one attached hydrogen (secondary N) is 3. The van der Waals surface area contributed by atoms with Gasteiger partial charge in [0.25, 0.3) is 0 Å². The number of urea groups is 1. The van der Waals surface area contributed by atoms with Crippen molar-refractivity contribution in [3.8, 4) is 17.2 Å². The summed E-state index contributed by atoms with van der Waals surface area (Å²) in [6.07, 6.45) is 2.10. The Morgan fingerprint density at radius 2 is 2.00 bits per heavy atom. The summed E-state index contributed by atoms with van der Waals surface area (Å²) >= 11 is 0. The second-order valence-corrected chi connectivity index (χ2v) is 8.47. The van der Waals surface area contributed by atoms with Gasteiger partial charge in [-0.1, -0.05) is 0 Å². The molecule has 3 heterocycles. The minimum atomic E-state index is -1.40. The molecular weight excluding hydrogens is 465 g/mol. The fraction of sp³-hybridized carbons (Fsp3) is 0.208. The van der Waals surface area contributed by atoms with Gasteiger partial charge in [0, 0.05) is 35.9 Å². The number of fused-ring (bicyclic) bond motifs is 4. The highest BCUT2D eigenvalue weighted by molar-refractivity contribution is 5.93. The summed E-state index contributed by atoms with van der Waals surface area (Å²) in [7, 11) is 0. The molecule has 1 fully saturated rings. The molecule has 3 unspecified atom stereocenters. The van der Waals surface area contributed by atoms with Gasteiger partial charge in [-0.05, 0) is 30.7 Å². The van der Waals surface area contributed by atoms with Crippen molar-refractivity contribution in [1.29, 1.82) is 0 Å². The van der Waals surface area contributed by atoms with E-state index in [4.69, 9.17) is 9.47 Å². The van der Waals surface area contributed by atoms with Crippen molar-refractivity contribution in [1.82, 2.24) is 10.3 Å². The molecule has 3 N–H and O–H groups in total. The van der Waals surface area contributed by atoms with Crippen molar-refractivity contribution in [2.45, 2.75) is 30.9 Å². The number of ether oxygens (including phenoxy) is 2. The van der Waals surface area contributed by atoms with Gasteiger partial charge in [0.05, 0.1) is 17.6 Å². The first-order valence-electron chi connectivity index (χ1n) is 10.9. The molecule has 3 aromatic rings. The lowest BCUT2D eigenvalue weighted by Crippen LogP contribution is -2.34. The number of nitrogens with zero attached hydrogens (tertiary/aromatic N) is 1. The third-order valence-electron chi connectivity index (χ3n) is 6.20. The van der Waals surface area contributed by atoms with Crippen molar-refractivity contribution in [3.63, 3.8) is 0 Å². The fourth-order valence-corrected chi connectivity index (χ4v) is 4.51. The second-order valence-electron chi connectivity index (χ2n) is 8.47. The maximum absolute atomic E-state index is 13.8. The van der Waals surface area contributed by atoms with Gasteiger partial charge in [0.15, 0.2) is 11.6 Å². The smallest absolute Gasteiger partial charge is 0.319 e. The van der Waals surface area contributed by atoms with Crippen LogP contribution < -0.4 is 25.4 Å². The van der Waals surface area contributed by atoms with E-state index in [1.54, 1.807) is 24.4 Å². The summed E-state index contributed by atoms with van der Waals surface area (Å²) < 4.78 is 52.5. The lowest BCUT2D eigenvalue weighted by atomic mass is 10.1. The quantitative estimate of drug-likeness (QED) is 0.484. The standard InChI is InChI=1S/C24H17F3N4O4/c25-10-7-14(26)20(27)15(8-10)29-24(33)31-21-19-13-9-11(1-3-16(13)35-22(19)21)34-17-5-6-28-23-12(17)2-4-18(32)30-23/h1,3,5-9,19,21-22H,2,4H2,(H,28,30,32)(H2,29,31,33). The number of pyridine rings is 1. The van der Waals surface area contributed by atoms with E-state index in [0.29, 0.717) is 48.0 Å². The molecule has 1 aromatic heterocycles. The van der Waals surface area contributed by atoms with Gasteiger partial charge >= 0.3 is 6.03 Å². The molecule has 1 aliphatic carbocycles. The zero-order valence-electron chi connectivity index (χ0n) is 17.9. The molecule has 2 aliphatic heterocycles. The van der Waals surface area contributed by atoms with Crippen LogP contribution in [0.25, 0.3) is 0 Å². The molecule has 0 bridgehead atoms. The van der Waals surface area contributed by atoms with E-state index < -0.39 is 35.2 Å². The van der Waals surface area contributed by atoms with Gasteiger partial charge in [-0.15, -0.1) is 0 Å². The van der Waals surface area contributed by atoms with E-state index in [9.17, 15) is 22.8 Å². The summed E-state index contributed by atoms with van der Waals surface area (Å²) in [6, 6.07) is 6.96. The molecule has 3 aliphatic rings. The lowest BCUT2D eigenvalue weighted by Gasteiger charge is -2.19. The predicted molar refractivity (Wildman–Crippen MR) is 117 cm³/mol. The van der Waals surface area contributed by atoms with E-state index in [0.717, 1.165) is 11.1 Å². The number of anilines is 2. The van der Waals surface area contributed by atoms with Crippen molar-refractivity contribution >= 4 is 23.4 Å². The van der Waals surface area contributed by atoms with E-state index in [-0.39, 0.29) is 17.9 Å². The number of hydrogen-bond acceptors (Lipinski definition) is 5. The van der Waals surface area contributed by atoms with Crippen LogP contribution in [0.15, 0.2) is 42.6 Å². The Morgan fingerprint density at radius 1 is 1.14 bits per heavy atom. The molecule has 11 heteroatoms. The van der Waals surface area contributed by atoms with Crippen molar-refractivity contribution in [2.24, 2.45) is 0 Å². The van der Waals surface area contributed by atoms with Gasteiger partial charge in [0.2, 0.25) is 5.91 Å². The van der Waals surface area contributed by atoms with Crippen molar-refractivity contribution in [2.75, 3.05) is 10.6 Å². The molecule has 35 heavy (non-hydrogen) atoms. The molecule has 1 saturated carbocycles. The van der Waals surface area contributed by atoms with Crippen LogP contribution in [0.4, 0.5) is 29.5 Å². The summed E-state index contributed by atoms with van der Waals surface area (Å²) in [4.78, 5) is 28.1. The van der Waals surface area contributed by atoms with Crippen molar-refractivity contribution < 1.29 is 32.2 Å². The van der Waals surface area contributed by atoms with Gasteiger partial charge in [0.1, 0.15) is 35.0 Å². The van der Waals surface area contributed by atoms with Crippen LogP contribution in [-0.4, -0.2) is 29.1 Å². The Kier molecular flexibility index (Phi) is 4.80. The molecule has 3 amide bonds. The van der Waals surface area contributed by atoms with E-state index >= 15 is 0 Å². The van der Waals surface area contributed by atoms with E-state index in [1.807, 2.05) is 6.07 Å². The first-order valence-corrected chi connectivity index (χ1v) is 10.9. The number of hydrogen-bond donors (Lipinski definition) is 3. The van der Waals surface area contributed by atoms with Gasteiger partial charge in [-0.3, -0.25) is 4.79 Å². The molecule has 3 atom stereocenters. The Balaban J connectivity index is 1.15. The van der Waals surface area contributed by atoms with Crippen LogP contribution in [0.3, 0.4) is 0 Å². The summed E-state index contributed by atoms with van der Waals surface area (Å²) in [5.74, 6) is -1.73. The molecule has 6 rings (SSSR count). The zero-order valence-corrected chi connectivity index (χ0v) is 17.9. The first-order chi connectivity index (χ1) is 16.9. The number of amides is 3. The summed E-state index contributed by atoms with van der Waals surface area (Å²) in [6.45, 7) is 0. The van der Waals surface area contributed by atoms with Gasteiger partial charge in [-0.2, -0.15) is 0 Å². The number of rotatable bonds is 4. The van der Waals surface area contributed by atoms with Crippen LogP contribution in [0.5, 0.6) is 17.2 Å². The first kappa shape index (κ1) is 21.3. The zero-order chi connectivity index (χ0) is 24.3. The highest BCUT2D eigenvalue weighted by Gasteiger charge is 2.59. The molecule has 178 valence electrons. The number of aromatic nitrogens is 1. The maximum Gasteiger partial charge on any atom is 0.319 e. The van der Waals surface area contributed by atoms with E-state index in [1.165, 1.54) is 0 Å². The predicted octanol–water partition coefficient (Wildman–Crippen LogP) is 4.22. The minimum Gasteiger partial charge on any atom is -0.487 e. The van der Waals surface area contributed by atoms with Crippen LogP contribution in [0, 0.1) is 17.5 Å². The number of carbonyl (C=O) groups is 2. The molecule has 0 radical (unpaired) electrons. The van der Waals surface area contributed by atoms with E-state index in [2.05, 4.69) is 20.9 Å². The maximum atomic E-state index is 13.8. The SMILES string of the molecule is O=C1CCc2c(Oc3ccc4c(c3)C3C(NC(=O)Nc5cc(F)cc(F)c5F)C3O4)ccnc2N1. The molecular formula is C24H17F3N4O4. The van der Waals surface area contributed by atoms with Crippen LogP contribution in [0.2, 0.25) is 0 Å². The lowest BCUT2D eigenvalue weighted by molar-refractivity contribution is -0.116. The highest BCUT2D eigenvalue weighted by Crippen LogP contribution is 2.54. The Bertz CT molecular complexity index is 1400. The molecule has 0 spiro atoms. The number of halogens is 3. The Morgan fingerprint density at radius 3 is 2.86 bits per heavy atom.